The third-order valence-corrected chi connectivity index (χ3v) is 3.43. The SMILES string of the molecule is CNC(=O)Nc1ccc(Sc2ccc(O)cc2)cc1. The van der Waals surface area contributed by atoms with Crippen LogP contribution in [-0.4, -0.2) is 18.2 Å². The summed E-state index contributed by atoms with van der Waals surface area (Å²) in [5.74, 6) is 0.259. The summed E-state index contributed by atoms with van der Waals surface area (Å²) in [5.41, 5.74) is 0.745. The maximum absolute atomic E-state index is 11.1. The average molecular weight is 274 g/mol. The van der Waals surface area contributed by atoms with Gasteiger partial charge in [-0.25, -0.2) is 4.79 Å². The van der Waals surface area contributed by atoms with Crippen molar-refractivity contribution in [2.24, 2.45) is 0 Å². The zero-order chi connectivity index (χ0) is 13.7. The van der Waals surface area contributed by atoms with Crippen molar-refractivity contribution >= 4 is 23.5 Å². The Labute approximate surface area is 115 Å². The molecule has 0 heterocycles. The average Bonchev–Trinajstić information content (AvgIpc) is 2.43. The molecule has 5 heteroatoms. The van der Waals surface area contributed by atoms with Gasteiger partial charge in [-0.2, -0.15) is 0 Å². The highest BCUT2D eigenvalue weighted by atomic mass is 32.2. The largest absolute Gasteiger partial charge is 0.508 e. The van der Waals surface area contributed by atoms with Crippen molar-refractivity contribution in [1.82, 2.24) is 5.32 Å². The second-order valence-corrected chi connectivity index (χ2v) is 4.97. The van der Waals surface area contributed by atoms with Crippen LogP contribution in [0.15, 0.2) is 58.3 Å². The van der Waals surface area contributed by atoms with Crippen molar-refractivity contribution in [2.75, 3.05) is 12.4 Å². The van der Waals surface area contributed by atoms with Gasteiger partial charge in [0.25, 0.3) is 0 Å². The molecule has 2 aromatic carbocycles. The van der Waals surface area contributed by atoms with Crippen molar-refractivity contribution in [3.05, 3.63) is 48.5 Å². The molecule has 0 fully saturated rings. The van der Waals surface area contributed by atoms with E-state index in [0.29, 0.717) is 0 Å². The topological polar surface area (TPSA) is 61.4 Å². The minimum atomic E-state index is -0.237. The van der Waals surface area contributed by atoms with Gasteiger partial charge in [0.15, 0.2) is 0 Å². The first-order valence-electron chi connectivity index (χ1n) is 5.73. The summed E-state index contributed by atoms with van der Waals surface area (Å²) in [7, 11) is 1.57. The molecule has 0 saturated carbocycles. The number of amides is 2. The number of carbonyl (C=O) groups is 1. The van der Waals surface area contributed by atoms with Crippen LogP contribution in [0.3, 0.4) is 0 Å². The van der Waals surface area contributed by atoms with Gasteiger partial charge >= 0.3 is 6.03 Å². The van der Waals surface area contributed by atoms with E-state index in [1.165, 1.54) is 0 Å². The van der Waals surface area contributed by atoms with Crippen LogP contribution in [0.2, 0.25) is 0 Å². The highest BCUT2D eigenvalue weighted by Gasteiger charge is 2.00. The van der Waals surface area contributed by atoms with Crippen molar-refractivity contribution < 1.29 is 9.90 Å². The fraction of sp³-hybridized carbons (Fsp3) is 0.0714. The highest BCUT2D eigenvalue weighted by Crippen LogP contribution is 2.29. The molecule has 0 unspecified atom stereocenters. The van der Waals surface area contributed by atoms with Gasteiger partial charge in [-0.05, 0) is 48.5 Å². The molecule has 2 aromatic rings. The molecule has 0 aliphatic carbocycles. The van der Waals surface area contributed by atoms with E-state index in [2.05, 4.69) is 10.6 Å². The summed E-state index contributed by atoms with van der Waals surface area (Å²) in [4.78, 5) is 13.2. The van der Waals surface area contributed by atoms with Crippen LogP contribution >= 0.6 is 11.8 Å². The molecular formula is C14H14N2O2S. The molecule has 0 radical (unpaired) electrons. The van der Waals surface area contributed by atoms with E-state index in [4.69, 9.17) is 0 Å². The molecule has 19 heavy (non-hydrogen) atoms. The first kappa shape index (κ1) is 13.3. The fourth-order valence-corrected chi connectivity index (χ4v) is 2.27. The first-order valence-corrected chi connectivity index (χ1v) is 6.55. The summed E-state index contributed by atoms with van der Waals surface area (Å²) < 4.78 is 0. The van der Waals surface area contributed by atoms with Crippen LogP contribution in [0.4, 0.5) is 10.5 Å². The molecule has 0 spiro atoms. The Hall–Kier alpha value is -2.14. The van der Waals surface area contributed by atoms with Gasteiger partial charge in [0.1, 0.15) is 5.75 Å². The number of hydrogen-bond donors (Lipinski definition) is 3. The van der Waals surface area contributed by atoms with Crippen LogP contribution in [0.1, 0.15) is 0 Å². The van der Waals surface area contributed by atoms with Gasteiger partial charge < -0.3 is 15.7 Å². The highest BCUT2D eigenvalue weighted by molar-refractivity contribution is 7.99. The molecule has 0 aliphatic heterocycles. The number of carbonyl (C=O) groups excluding carboxylic acids is 1. The van der Waals surface area contributed by atoms with Gasteiger partial charge in [-0.15, -0.1) is 0 Å². The number of nitrogens with one attached hydrogen (secondary N) is 2. The number of urea groups is 1. The van der Waals surface area contributed by atoms with E-state index >= 15 is 0 Å². The second-order valence-electron chi connectivity index (χ2n) is 3.82. The van der Waals surface area contributed by atoms with Crippen molar-refractivity contribution in [2.45, 2.75) is 9.79 Å². The Balaban J connectivity index is 2.02. The molecule has 2 amide bonds. The lowest BCUT2D eigenvalue weighted by Gasteiger charge is -2.06. The van der Waals surface area contributed by atoms with E-state index in [0.717, 1.165) is 15.5 Å². The van der Waals surface area contributed by atoms with Crippen LogP contribution in [0.25, 0.3) is 0 Å². The van der Waals surface area contributed by atoms with E-state index in [-0.39, 0.29) is 11.8 Å². The Kier molecular flexibility index (Phi) is 4.30. The van der Waals surface area contributed by atoms with Crippen LogP contribution in [0, 0.1) is 0 Å². The van der Waals surface area contributed by atoms with Crippen LogP contribution in [0.5, 0.6) is 5.75 Å². The zero-order valence-electron chi connectivity index (χ0n) is 10.4. The quantitative estimate of drug-likeness (QED) is 0.804. The molecule has 0 aliphatic rings. The zero-order valence-corrected chi connectivity index (χ0v) is 11.2. The number of hydrogen-bond acceptors (Lipinski definition) is 3. The Morgan fingerprint density at radius 3 is 2.05 bits per heavy atom. The number of aromatic hydroxyl groups is 1. The van der Waals surface area contributed by atoms with E-state index in [1.807, 2.05) is 36.4 Å². The summed E-state index contributed by atoms with van der Waals surface area (Å²) >= 11 is 1.59. The van der Waals surface area contributed by atoms with Gasteiger partial charge in [-0.1, -0.05) is 11.8 Å². The van der Waals surface area contributed by atoms with Gasteiger partial charge in [0.05, 0.1) is 0 Å². The summed E-state index contributed by atoms with van der Waals surface area (Å²) in [6.45, 7) is 0. The summed E-state index contributed by atoms with van der Waals surface area (Å²) in [5, 5.41) is 14.4. The minimum absolute atomic E-state index is 0.237. The standard InChI is InChI=1S/C14H14N2O2S/c1-15-14(18)16-10-2-6-12(7-3-10)19-13-8-4-11(17)5-9-13/h2-9,17H,1H3,(H2,15,16,18). The smallest absolute Gasteiger partial charge is 0.318 e. The van der Waals surface area contributed by atoms with Gasteiger partial charge in [0.2, 0.25) is 0 Å². The van der Waals surface area contributed by atoms with Crippen LogP contribution < -0.4 is 10.6 Å². The molecule has 4 nitrogen and oxygen atoms in total. The fourth-order valence-electron chi connectivity index (χ4n) is 1.45. The maximum atomic E-state index is 11.1. The monoisotopic (exact) mass is 274 g/mol. The van der Waals surface area contributed by atoms with E-state index in [9.17, 15) is 9.90 Å². The van der Waals surface area contributed by atoms with E-state index in [1.54, 1.807) is 30.9 Å². The maximum Gasteiger partial charge on any atom is 0.318 e. The van der Waals surface area contributed by atoms with Crippen molar-refractivity contribution in [3.8, 4) is 5.75 Å². The van der Waals surface area contributed by atoms with E-state index < -0.39 is 0 Å². The van der Waals surface area contributed by atoms with Crippen LogP contribution in [-0.2, 0) is 0 Å². The number of benzene rings is 2. The normalized spacial score (nSPS) is 9.95. The lowest BCUT2D eigenvalue weighted by Crippen LogP contribution is -2.24. The third-order valence-electron chi connectivity index (χ3n) is 2.41. The lowest BCUT2D eigenvalue weighted by atomic mass is 10.3. The Bertz CT molecular complexity index is 553. The lowest BCUT2D eigenvalue weighted by molar-refractivity contribution is 0.254. The van der Waals surface area contributed by atoms with Gasteiger partial charge in [0, 0.05) is 22.5 Å². The summed E-state index contributed by atoms with van der Waals surface area (Å²) in [6, 6.07) is 14.3. The molecule has 0 saturated heterocycles. The number of phenolic OH excluding ortho intramolecular Hbond substituents is 1. The Morgan fingerprint density at radius 1 is 1.00 bits per heavy atom. The molecule has 0 bridgehead atoms. The molecule has 98 valence electrons. The third kappa shape index (κ3) is 3.93. The predicted molar refractivity (Wildman–Crippen MR) is 76.8 cm³/mol. The minimum Gasteiger partial charge on any atom is -0.508 e. The number of phenols is 1. The Morgan fingerprint density at radius 2 is 1.53 bits per heavy atom. The molecule has 0 aromatic heterocycles. The molecule has 2 rings (SSSR count). The summed E-state index contributed by atoms with van der Waals surface area (Å²) in [6.07, 6.45) is 0. The molecule has 0 atom stereocenters. The van der Waals surface area contributed by atoms with Gasteiger partial charge in [-0.3, -0.25) is 0 Å². The van der Waals surface area contributed by atoms with Crippen molar-refractivity contribution in [3.63, 3.8) is 0 Å². The molecular weight excluding hydrogens is 260 g/mol. The predicted octanol–water partition coefficient (Wildman–Crippen LogP) is 3.29. The molecule has 3 N–H and O–H groups in total. The number of anilines is 1. The number of rotatable bonds is 3. The van der Waals surface area contributed by atoms with Crippen molar-refractivity contribution in [1.29, 1.82) is 0 Å². The second kappa shape index (κ2) is 6.15. The first-order chi connectivity index (χ1) is 9.17.